The third kappa shape index (κ3) is 3.74. The van der Waals surface area contributed by atoms with Crippen molar-refractivity contribution < 1.29 is 13.5 Å². The third-order valence-corrected chi connectivity index (χ3v) is 2.68. The number of nitrogens with zero attached hydrogens (tertiary/aromatic N) is 3. The van der Waals surface area contributed by atoms with Crippen molar-refractivity contribution in [1.29, 1.82) is 0 Å². The van der Waals surface area contributed by atoms with Gasteiger partial charge in [0, 0.05) is 18.9 Å². The number of pyridine rings is 1. The molecule has 0 aliphatic rings. The van der Waals surface area contributed by atoms with Crippen molar-refractivity contribution in [1.82, 2.24) is 19.9 Å². The van der Waals surface area contributed by atoms with Gasteiger partial charge in [0.25, 0.3) is 0 Å². The number of hydrogen-bond acceptors (Lipinski definition) is 4. The van der Waals surface area contributed by atoms with Crippen LogP contribution in [-0.2, 0) is 13.2 Å². The van der Waals surface area contributed by atoms with E-state index in [1.807, 2.05) is 13.0 Å². The van der Waals surface area contributed by atoms with Crippen molar-refractivity contribution in [3.8, 4) is 5.75 Å². The van der Waals surface area contributed by atoms with Crippen molar-refractivity contribution in [2.45, 2.75) is 26.6 Å². The summed E-state index contributed by atoms with van der Waals surface area (Å²) in [7, 11) is 0. The maximum Gasteiger partial charge on any atom is 0.320 e. The molecular weight excluding hydrogens is 266 g/mol. The molecule has 0 amide bonds. The van der Waals surface area contributed by atoms with E-state index in [1.165, 1.54) is 12.4 Å². The second-order valence-corrected chi connectivity index (χ2v) is 4.08. The molecule has 0 bridgehead atoms. The molecule has 0 aliphatic heterocycles. The lowest BCUT2D eigenvalue weighted by atomic mass is 10.3. The Morgan fingerprint density at radius 2 is 2.20 bits per heavy atom. The first kappa shape index (κ1) is 14.4. The van der Waals surface area contributed by atoms with Crippen LogP contribution in [0.25, 0.3) is 0 Å². The molecule has 20 heavy (non-hydrogen) atoms. The molecule has 2 heterocycles. The molecule has 0 aliphatic carbocycles. The maximum absolute atomic E-state index is 12.6. The fraction of sp³-hybridized carbons (Fsp3) is 0.385. The summed E-state index contributed by atoms with van der Waals surface area (Å²) in [5.41, 5.74) is 0.897. The summed E-state index contributed by atoms with van der Waals surface area (Å²) in [6.07, 6.45) is 4.12. The van der Waals surface area contributed by atoms with E-state index in [0.29, 0.717) is 12.3 Å². The first-order valence-electron chi connectivity index (χ1n) is 6.29. The number of hydrogen-bond donors (Lipinski definition) is 1. The molecule has 2 aromatic heterocycles. The quantitative estimate of drug-likeness (QED) is 0.847. The van der Waals surface area contributed by atoms with Gasteiger partial charge in [0.05, 0.1) is 11.9 Å². The summed E-state index contributed by atoms with van der Waals surface area (Å²) in [4.78, 5) is 8.05. The Balaban J connectivity index is 1.92. The lowest BCUT2D eigenvalue weighted by Crippen LogP contribution is -2.12. The first-order valence-corrected chi connectivity index (χ1v) is 6.29. The molecule has 0 saturated carbocycles. The van der Waals surface area contributed by atoms with Gasteiger partial charge in [-0.25, -0.2) is 4.98 Å². The van der Waals surface area contributed by atoms with Crippen molar-refractivity contribution in [3.63, 3.8) is 0 Å². The molecule has 0 atom stereocenters. The van der Waals surface area contributed by atoms with Crippen LogP contribution in [0.3, 0.4) is 0 Å². The highest BCUT2D eigenvalue weighted by Crippen LogP contribution is 2.15. The van der Waals surface area contributed by atoms with E-state index in [0.717, 1.165) is 16.8 Å². The number of nitrogens with one attached hydrogen (secondary N) is 1. The van der Waals surface area contributed by atoms with E-state index >= 15 is 0 Å². The van der Waals surface area contributed by atoms with Crippen LogP contribution in [0.1, 0.15) is 25.0 Å². The van der Waals surface area contributed by atoms with E-state index in [-0.39, 0.29) is 12.4 Å². The van der Waals surface area contributed by atoms with Crippen LogP contribution in [0.2, 0.25) is 0 Å². The Hall–Kier alpha value is -2.02. The zero-order valence-corrected chi connectivity index (χ0v) is 11.1. The Bertz CT molecular complexity index is 527. The first-order chi connectivity index (χ1) is 9.70. The maximum atomic E-state index is 12.6. The van der Waals surface area contributed by atoms with Crippen LogP contribution in [0.15, 0.2) is 30.7 Å². The van der Waals surface area contributed by atoms with Gasteiger partial charge in [-0.15, -0.1) is 0 Å². The predicted octanol–water partition coefficient (Wildman–Crippen LogP) is 2.36. The van der Waals surface area contributed by atoms with Gasteiger partial charge in [-0.1, -0.05) is 6.92 Å². The van der Waals surface area contributed by atoms with Gasteiger partial charge < -0.3 is 10.1 Å². The van der Waals surface area contributed by atoms with Crippen LogP contribution >= 0.6 is 0 Å². The summed E-state index contributed by atoms with van der Waals surface area (Å²) >= 11 is 0. The normalized spacial score (nSPS) is 11.0. The van der Waals surface area contributed by atoms with Crippen LogP contribution in [0.4, 0.5) is 8.78 Å². The van der Waals surface area contributed by atoms with Gasteiger partial charge in [0.15, 0.2) is 5.82 Å². The van der Waals surface area contributed by atoms with Crippen LogP contribution in [-0.4, -0.2) is 21.1 Å². The van der Waals surface area contributed by atoms with Crippen molar-refractivity contribution in [2.75, 3.05) is 6.54 Å². The number of halogens is 2. The Labute approximate surface area is 115 Å². The Morgan fingerprint density at radius 3 is 2.85 bits per heavy atom. The topological polar surface area (TPSA) is 52.0 Å². The van der Waals surface area contributed by atoms with Gasteiger partial charge in [-0.3, -0.25) is 9.55 Å². The molecule has 2 aromatic rings. The molecule has 0 aromatic carbocycles. The Morgan fingerprint density at radius 1 is 1.35 bits per heavy atom. The number of ether oxygens (including phenoxy) is 1. The summed E-state index contributed by atoms with van der Waals surface area (Å²) in [5, 5.41) is 3.16. The third-order valence-electron chi connectivity index (χ3n) is 2.68. The zero-order chi connectivity index (χ0) is 14.4. The molecule has 108 valence electrons. The number of alkyl halides is 2. The molecule has 7 heteroatoms. The average Bonchev–Trinajstić information content (AvgIpc) is 2.92. The van der Waals surface area contributed by atoms with Gasteiger partial charge in [0.1, 0.15) is 12.4 Å². The molecular formula is C13H16F2N4O. The summed E-state index contributed by atoms with van der Waals surface area (Å²) in [5.74, 6) is 0.700. The van der Waals surface area contributed by atoms with Gasteiger partial charge >= 0.3 is 6.55 Å². The highest BCUT2D eigenvalue weighted by atomic mass is 19.3. The van der Waals surface area contributed by atoms with E-state index in [9.17, 15) is 8.78 Å². The van der Waals surface area contributed by atoms with Gasteiger partial charge in [0.2, 0.25) is 0 Å². The molecule has 0 spiro atoms. The zero-order valence-electron chi connectivity index (χ0n) is 11.1. The highest BCUT2D eigenvalue weighted by Gasteiger charge is 2.11. The molecule has 2 rings (SSSR count). The smallest absolute Gasteiger partial charge is 0.320 e. The molecule has 0 fully saturated rings. The average molecular weight is 282 g/mol. The van der Waals surface area contributed by atoms with Gasteiger partial charge in [-0.05, 0) is 18.7 Å². The fourth-order valence-corrected chi connectivity index (χ4v) is 1.64. The number of imidazole rings is 1. The SMILES string of the molecule is CCNCc1ccc(OCc2nccn2C(F)F)cn1. The fourth-order valence-electron chi connectivity index (χ4n) is 1.64. The van der Waals surface area contributed by atoms with E-state index < -0.39 is 6.55 Å². The summed E-state index contributed by atoms with van der Waals surface area (Å²) < 4.78 is 31.4. The van der Waals surface area contributed by atoms with Crippen LogP contribution in [0.5, 0.6) is 5.75 Å². The lowest BCUT2D eigenvalue weighted by Gasteiger charge is -2.08. The van der Waals surface area contributed by atoms with Crippen molar-refractivity contribution in [3.05, 3.63) is 42.2 Å². The lowest BCUT2D eigenvalue weighted by molar-refractivity contribution is 0.0632. The van der Waals surface area contributed by atoms with Crippen LogP contribution in [0, 0.1) is 0 Å². The van der Waals surface area contributed by atoms with Crippen LogP contribution < -0.4 is 10.1 Å². The Kier molecular flexibility index (Phi) is 5.00. The monoisotopic (exact) mass is 282 g/mol. The molecule has 1 N–H and O–H groups in total. The standard InChI is InChI=1S/C13H16F2N4O/c1-2-16-7-10-3-4-11(8-18-10)20-9-12-17-5-6-19(12)13(14)15/h3-6,8,13,16H,2,7,9H2,1H3. The molecule has 5 nitrogen and oxygen atoms in total. The number of rotatable bonds is 7. The molecule has 0 unspecified atom stereocenters. The minimum absolute atomic E-state index is 0.0222. The van der Waals surface area contributed by atoms with Crippen molar-refractivity contribution in [2.24, 2.45) is 0 Å². The summed E-state index contributed by atoms with van der Waals surface area (Å²) in [6.45, 7) is 0.938. The largest absolute Gasteiger partial charge is 0.484 e. The second kappa shape index (κ2) is 6.95. The van der Waals surface area contributed by atoms with E-state index in [4.69, 9.17) is 4.74 Å². The minimum Gasteiger partial charge on any atom is -0.484 e. The number of aromatic nitrogens is 3. The second-order valence-electron chi connectivity index (χ2n) is 4.08. The van der Waals surface area contributed by atoms with Gasteiger partial charge in [-0.2, -0.15) is 8.78 Å². The minimum atomic E-state index is -2.61. The molecule has 0 radical (unpaired) electrons. The molecule has 0 saturated heterocycles. The van der Waals surface area contributed by atoms with E-state index in [2.05, 4.69) is 15.3 Å². The highest BCUT2D eigenvalue weighted by molar-refractivity contribution is 5.20. The predicted molar refractivity (Wildman–Crippen MR) is 69.4 cm³/mol. The van der Waals surface area contributed by atoms with E-state index in [1.54, 1.807) is 12.3 Å². The summed E-state index contributed by atoms with van der Waals surface area (Å²) in [6, 6.07) is 3.59. The van der Waals surface area contributed by atoms with Crippen molar-refractivity contribution >= 4 is 0 Å².